The molecule has 23 heavy (non-hydrogen) atoms. The summed E-state index contributed by atoms with van der Waals surface area (Å²) in [5.74, 6) is -1.10. The Morgan fingerprint density at radius 2 is 2.09 bits per heavy atom. The van der Waals surface area contributed by atoms with Crippen LogP contribution in [0.5, 0.6) is 0 Å². The maximum Gasteiger partial charge on any atom is 0.308 e. The quantitative estimate of drug-likeness (QED) is 0.743. The van der Waals surface area contributed by atoms with Gasteiger partial charge in [0.15, 0.2) is 0 Å². The van der Waals surface area contributed by atoms with Gasteiger partial charge in [0.1, 0.15) is 5.82 Å². The zero-order valence-corrected chi connectivity index (χ0v) is 12.9. The Labute approximate surface area is 135 Å². The van der Waals surface area contributed by atoms with Gasteiger partial charge in [-0.15, -0.1) is 6.58 Å². The minimum atomic E-state index is -0.576. The molecule has 1 aromatic heterocycles. The molecule has 0 aliphatic carbocycles. The lowest BCUT2D eigenvalue weighted by molar-refractivity contribution is 0.102. The fourth-order valence-electron chi connectivity index (χ4n) is 2.29. The number of nitrogens with one attached hydrogen (secondary N) is 1. The van der Waals surface area contributed by atoms with Gasteiger partial charge in [-0.05, 0) is 30.3 Å². The number of halogens is 1. The lowest BCUT2D eigenvalue weighted by atomic mass is 10.2. The van der Waals surface area contributed by atoms with E-state index in [9.17, 15) is 14.0 Å². The molecular formula is C17H13FN2O2S. The van der Waals surface area contributed by atoms with E-state index in [1.807, 2.05) is 0 Å². The first-order valence-corrected chi connectivity index (χ1v) is 7.72. The number of rotatable bonds is 4. The normalized spacial score (nSPS) is 10.7. The van der Waals surface area contributed by atoms with Crippen LogP contribution in [-0.2, 0) is 6.54 Å². The standard InChI is InChI=1S/C17H13FN2O2S/c1-2-9-20-14-8-7-11(10-15(14)23-17(20)22)19-16(21)12-5-3-4-6-13(12)18/h2-8,10H,1,9H2,(H,19,21). The zero-order chi connectivity index (χ0) is 16.4. The molecule has 0 bridgehead atoms. The second-order valence-electron chi connectivity index (χ2n) is 4.88. The average Bonchev–Trinajstić information content (AvgIpc) is 2.83. The maximum atomic E-state index is 13.6. The van der Waals surface area contributed by atoms with Crippen molar-refractivity contribution in [3.8, 4) is 0 Å². The van der Waals surface area contributed by atoms with Crippen molar-refractivity contribution in [1.82, 2.24) is 4.57 Å². The van der Waals surface area contributed by atoms with Crippen LogP contribution in [0.15, 0.2) is 59.9 Å². The summed E-state index contributed by atoms with van der Waals surface area (Å²) in [4.78, 5) is 24.0. The number of anilines is 1. The fourth-order valence-corrected chi connectivity index (χ4v) is 3.23. The molecule has 0 saturated carbocycles. The van der Waals surface area contributed by atoms with E-state index in [2.05, 4.69) is 11.9 Å². The van der Waals surface area contributed by atoms with Crippen molar-refractivity contribution in [3.63, 3.8) is 0 Å². The van der Waals surface area contributed by atoms with Crippen molar-refractivity contribution in [2.75, 3.05) is 5.32 Å². The molecule has 6 heteroatoms. The molecule has 0 spiro atoms. The van der Waals surface area contributed by atoms with E-state index < -0.39 is 11.7 Å². The molecule has 1 N–H and O–H groups in total. The molecule has 0 radical (unpaired) electrons. The van der Waals surface area contributed by atoms with E-state index in [0.29, 0.717) is 12.2 Å². The highest BCUT2D eigenvalue weighted by molar-refractivity contribution is 7.16. The van der Waals surface area contributed by atoms with Crippen LogP contribution in [0.3, 0.4) is 0 Å². The molecule has 0 aliphatic rings. The van der Waals surface area contributed by atoms with Gasteiger partial charge < -0.3 is 5.32 Å². The summed E-state index contributed by atoms with van der Waals surface area (Å²) >= 11 is 1.09. The number of hydrogen-bond donors (Lipinski definition) is 1. The van der Waals surface area contributed by atoms with Gasteiger partial charge in [0.2, 0.25) is 0 Å². The summed E-state index contributed by atoms with van der Waals surface area (Å²) in [5, 5.41) is 2.65. The van der Waals surface area contributed by atoms with Crippen molar-refractivity contribution >= 4 is 33.1 Å². The molecule has 0 atom stereocenters. The minimum Gasteiger partial charge on any atom is -0.322 e. The van der Waals surface area contributed by atoms with Crippen molar-refractivity contribution in [2.45, 2.75) is 6.54 Å². The van der Waals surface area contributed by atoms with Crippen LogP contribution in [0.1, 0.15) is 10.4 Å². The van der Waals surface area contributed by atoms with E-state index in [0.717, 1.165) is 21.6 Å². The highest BCUT2D eigenvalue weighted by Crippen LogP contribution is 2.22. The SMILES string of the molecule is C=CCn1c(=O)sc2cc(NC(=O)c3ccccc3F)ccc21. The molecule has 0 unspecified atom stereocenters. The van der Waals surface area contributed by atoms with Gasteiger partial charge in [0, 0.05) is 12.2 Å². The first-order chi connectivity index (χ1) is 11.1. The van der Waals surface area contributed by atoms with Crippen LogP contribution < -0.4 is 10.2 Å². The summed E-state index contributed by atoms with van der Waals surface area (Å²) in [7, 11) is 0. The largest absolute Gasteiger partial charge is 0.322 e. The summed E-state index contributed by atoms with van der Waals surface area (Å²) in [6.07, 6.45) is 1.65. The lowest BCUT2D eigenvalue weighted by Crippen LogP contribution is -2.13. The number of amides is 1. The highest BCUT2D eigenvalue weighted by atomic mass is 32.1. The van der Waals surface area contributed by atoms with Crippen LogP contribution in [0.4, 0.5) is 10.1 Å². The Bertz CT molecular complexity index is 959. The molecule has 1 heterocycles. The third-order valence-corrected chi connectivity index (χ3v) is 4.30. The van der Waals surface area contributed by atoms with E-state index >= 15 is 0 Å². The van der Waals surface area contributed by atoms with E-state index in [1.165, 1.54) is 18.2 Å². The number of nitrogens with zero attached hydrogens (tertiary/aromatic N) is 1. The van der Waals surface area contributed by atoms with Gasteiger partial charge in [0.25, 0.3) is 5.91 Å². The average molecular weight is 328 g/mol. The Morgan fingerprint density at radius 1 is 1.30 bits per heavy atom. The van der Waals surface area contributed by atoms with Crippen molar-refractivity contribution in [3.05, 3.63) is 76.2 Å². The molecule has 1 amide bonds. The predicted octanol–water partition coefficient (Wildman–Crippen LogP) is 3.64. The Hall–Kier alpha value is -2.73. The van der Waals surface area contributed by atoms with Crippen LogP contribution in [0, 0.1) is 5.82 Å². The Balaban J connectivity index is 1.92. The first kappa shape index (κ1) is 15.2. The van der Waals surface area contributed by atoms with Crippen molar-refractivity contribution in [2.24, 2.45) is 0 Å². The number of allylic oxidation sites excluding steroid dienone is 1. The molecule has 3 rings (SSSR count). The monoisotopic (exact) mass is 328 g/mol. The number of carbonyl (C=O) groups is 1. The molecule has 0 saturated heterocycles. The molecule has 116 valence electrons. The van der Waals surface area contributed by atoms with Crippen LogP contribution >= 0.6 is 11.3 Å². The maximum absolute atomic E-state index is 13.6. The van der Waals surface area contributed by atoms with Crippen LogP contribution in [0.2, 0.25) is 0 Å². The zero-order valence-electron chi connectivity index (χ0n) is 12.1. The van der Waals surface area contributed by atoms with Crippen molar-refractivity contribution in [1.29, 1.82) is 0 Å². The second-order valence-corrected chi connectivity index (χ2v) is 5.88. The van der Waals surface area contributed by atoms with E-state index in [-0.39, 0.29) is 10.4 Å². The van der Waals surface area contributed by atoms with Crippen LogP contribution in [0.25, 0.3) is 10.2 Å². The topological polar surface area (TPSA) is 51.1 Å². The summed E-state index contributed by atoms with van der Waals surface area (Å²) < 4.78 is 16.0. The highest BCUT2D eigenvalue weighted by Gasteiger charge is 2.12. The minimum absolute atomic E-state index is 0.0231. The van der Waals surface area contributed by atoms with Gasteiger partial charge in [-0.1, -0.05) is 29.5 Å². The Morgan fingerprint density at radius 3 is 2.83 bits per heavy atom. The summed E-state index contributed by atoms with van der Waals surface area (Å²) in [6.45, 7) is 4.06. The number of thiazole rings is 1. The van der Waals surface area contributed by atoms with E-state index in [4.69, 9.17) is 0 Å². The first-order valence-electron chi connectivity index (χ1n) is 6.90. The number of hydrogen-bond acceptors (Lipinski definition) is 3. The lowest BCUT2D eigenvalue weighted by Gasteiger charge is -2.06. The molecule has 4 nitrogen and oxygen atoms in total. The third-order valence-electron chi connectivity index (χ3n) is 3.36. The smallest absolute Gasteiger partial charge is 0.308 e. The summed E-state index contributed by atoms with van der Waals surface area (Å²) in [6, 6.07) is 10.9. The number of aromatic nitrogens is 1. The predicted molar refractivity (Wildman–Crippen MR) is 90.6 cm³/mol. The third kappa shape index (κ3) is 2.93. The van der Waals surface area contributed by atoms with Gasteiger partial charge in [-0.3, -0.25) is 14.2 Å². The number of fused-ring (bicyclic) bond motifs is 1. The molecule has 0 fully saturated rings. The van der Waals surface area contributed by atoms with Crippen LogP contribution in [-0.4, -0.2) is 10.5 Å². The number of benzene rings is 2. The molecule has 3 aromatic rings. The second kappa shape index (κ2) is 6.18. The van der Waals surface area contributed by atoms with E-state index in [1.54, 1.807) is 34.9 Å². The molecular weight excluding hydrogens is 315 g/mol. The van der Waals surface area contributed by atoms with Crippen molar-refractivity contribution < 1.29 is 9.18 Å². The van der Waals surface area contributed by atoms with Gasteiger partial charge >= 0.3 is 4.87 Å². The summed E-state index contributed by atoms with van der Waals surface area (Å²) in [5.41, 5.74) is 1.27. The van der Waals surface area contributed by atoms with Gasteiger partial charge in [-0.25, -0.2) is 4.39 Å². The van der Waals surface area contributed by atoms with Gasteiger partial charge in [-0.2, -0.15) is 0 Å². The number of carbonyl (C=O) groups excluding carboxylic acids is 1. The molecule has 2 aromatic carbocycles. The fraction of sp³-hybridized carbons (Fsp3) is 0.0588. The molecule has 0 aliphatic heterocycles. The van der Waals surface area contributed by atoms with Gasteiger partial charge in [0.05, 0.1) is 15.8 Å². The Kier molecular flexibility index (Phi) is 4.08.